The van der Waals surface area contributed by atoms with Crippen LogP contribution in [0.5, 0.6) is 0 Å². The van der Waals surface area contributed by atoms with Crippen molar-refractivity contribution in [3.05, 3.63) is 35.9 Å². The van der Waals surface area contributed by atoms with Crippen LogP contribution in [-0.2, 0) is 9.53 Å². The summed E-state index contributed by atoms with van der Waals surface area (Å²) in [7, 11) is 1.38. The van der Waals surface area contributed by atoms with E-state index in [4.69, 9.17) is 0 Å². The minimum absolute atomic E-state index is 0.308. The Morgan fingerprint density at radius 1 is 1.50 bits per heavy atom. The lowest BCUT2D eigenvalue weighted by Crippen LogP contribution is -1.96. The molecule has 1 heterocycles. The second-order valence-electron chi connectivity index (χ2n) is 3.75. The Morgan fingerprint density at radius 2 is 2.28 bits per heavy atom. The molecule has 0 amide bonds. The van der Waals surface area contributed by atoms with Crippen LogP contribution in [0.4, 0.5) is 0 Å². The number of hydrogen-bond acceptors (Lipinski definition) is 5. The van der Waals surface area contributed by atoms with Crippen molar-refractivity contribution in [2.75, 3.05) is 12.9 Å². The summed E-state index contributed by atoms with van der Waals surface area (Å²) < 4.78 is 6.79. The summed E-state index contributed by atoms with van der Waals surface area (Å²) in [5.41, 5.74) is 2.01. The molecule has 0 unspecified atom stereocenters. The van der Waals surface area contributed by atoms with Crippen molar-refractivity contribution in [3.8, 4) is 0 Å². The van der Waals surface area contributed by atoms with E-state index in [1.54, 1.807) is 23.1 Å². The van der Waals surface area contributed by atoms with E-state index in [-0.39, 0.29) is 5.97 Å². The zero-order chi connectivity index (χ0) is 13.0. The Morgan fingerprint density at radius 3 is 3.00 bits per heavy atom. The number of para-hydroxylation sites is 1. The highest BCUT2D eigenvalue weighted by molar-refractivity contribution is 8.01. The Bertz CT molecular complexity index is 556. The highest BCUT2D eigenvalue weighted by atomic mass is 32.2. The summed E-state index contributed by atoms with van der Waals surface area (Å²) in [6.45, 7) is 1.91. The lowest BCUT2D eigenvalue weighted by molar-refractivity contribution is -0.134. The molecular weight excluding hydrogens is 266 g/mol. The Kier molecular flexibility index (Phi) is 4.38. The number of thiazole rings is 1. The fourth-order valence-corrected chi connectivity index (χ4v) is 3.37. The molecule has 1 aromatic carbocycles. The van der Waals surface area contributed by atoms with Crippen molar-refractivity contribution < 1.29 is 9.53 Å². The van der Waals surface area contributed by atoms with Crippen molar-refractivity contribution in [2.45, 2.75) is 11.3 Å². The van der Waals surface area contributed by atoms with E-state index in [1.807, 2.05) is 25.1 Å². The van der Waals surface area contributed by atoms with Gasteiger partial charge < -0.3 is 4.74 Å². The number of fused-ring (bicyclic) bond motifs is 1. The standard InChI is InChI=1S/C13H13NO2S2/c1-9(7-12(15)16-2)8-17-13-14-10-5-3-4-6-11(10)18-13/h3-7H,8H2,1-2H3/b9-7+. The SMILES string of the molecule is COC(=O)/C=C(\C)CSc1nc2ccccc2s1. The lowest BCUT2D eigenvalue weighted by atomic mass is 10.3. The molecule has 0 atom stereocenters. The van der Waals surface area contributed by atoms with Gasteiger partial charge in [-0.3, -0.25) is 0 Å². The van der Waals surface area contributed by atoms with Gasteiger partial charge in [-0.05, 0) is 19.1 Å². The number of carbonyl (C=O) groups excluding carboxylic acids is 1. The maximum atomic E-state index is 11.1. The molecule has 0 aliphatic rings. The van der Waals surface area contributed by atoms with Gasteiger partial charge in [0.05, 0.1) is 17.3 Å². The summed E-state index contributed by atoms with van der Waals surface area (Å²) in [5, 5.41) is 0. The molecule has 5 heteroatoms. The number of hydrogen-bond donors (Lipinski definition) is 0. The van der Waals surface area contributed by atoms with Crippen molar-refractivity contribution in [3.63, 3.8) is 0 Å². The second kappa shape index (κ2) is 6.02. The molecule has 0 aliphatic heterocycles. The molecule has 94 valence electrons. The van der Waals surface area contributed by atoms with E-state index < -0.39 is 0 Å². The van der Waals surface area contributed by atoms with Gasteiger partial charge in [0, 0.05) is 11.8 Å². The van der Waals surface area contributed by atoms with Crippen LogP contribution >= 0.6 is 23.1 Å². The molecule has 0 radical (unpaired) electrons. The molecule has 1 aromatic heterocycles. The average Bonchev–Trinajstić information content (AvgIpc) is 2.79. The van der Waals surface area contributed by atoms with E-state index in [0.717, 1.165) is 21.2 Å². The summed E-state index contributed by atoms with van der Waals surface area (Å²) in [6.07, 6.45) is 1.51. The number of ether oxygens (including phenoxy) is 1. The van der Waals surface area contributed by atoms with Gasteiger partial charge in [-0.1, -0.05) is 29.5 Å². The fourth-order valence-electron chi connectivity index (χ4n) is 1.39. The summed E-state index contributed by atoms with van der Waals surface area (Å²) in [5.74, 6) is 0.437. The van der Waals surface area contributed by atoms with Gasteiger partial charge >= 0.3 is 5.97 Å². The van der Waals surface area contributed by atoms with Crippen LogP contribution in [0.1, 0.15) is 6.92 Å². The molecular formula is C13H13NO2S2. The second-order valence-corrected chi connectivity index (χ2v) is 6.00. The van der Waals surface area contributed by atoms with Crippen LogP contribution in [0.2, 0.25) is 0 Å². The maximum Gasteiger partial charge on any atom is 0.330 e. The summed E-state index contributed by atoms with van der Waals surface area (Å²) in [6, 6.07) is 8.07. The van der Waals surface area contributed by atoms with Crippen LogP contribution in [0.25, 0.3) is 10.2 Å². The molecule has 3 nitrogen and oxygen atoms in total. The number of methoxy groups -OCH3 is 1. The van der Waals surface area contributed by atoms with Crippen molar-refractivity contribution >= 4 is 39.3 Å². The van der Waals surface area contributed by atoms with Gasteiger partial charge in [0.15, 0.2) is 4.34 Å². The predicted molar refractivity (Wildman–Crippen MR) is 76.1 cm³/mol. The number of benzene rings is 1. The van der Waals surface area contributed by atoms with Crippen LogP contribution in [-0.4, -0.2) is 23.8 Å². The number of esters is 1. The Labute approximate surface area is 114 Å². The minimum Gasteiger partial charge on any atom is -0.466 e. The van der Waals surface area contributed by atoms with Crippen LogP contribution in [0.15, 0.2) is 40.3 Å². The number of nitrogens with zero attached hydrogens (tertiary/aromatic N) is 1. The van der Waals surface area contributed by atoms with E-state index >= 15 is 0 Å². The normalized spacial score (nSPS) is 11.8. The highest BCUT2D eigenvalue weighted by Gasteiger charge is 2.04. The zero-order valence-corrected chi connectivity index (χ0v) is 11.8. The highest BCUT2D eigenvalue weighted by Crippen LogP contribution is 2.30. The largest absolute Gasteiger partial charge is 0.466 e. The third-order valence-electron chi connectivity index (χ3n) is 2.26. The smallest absolute Gasteiger partial charge is 0.330 e. The molecule has 18 heavy (non-hydrogen) atoms. The first-order valence-electron chi connectivity index (χ1n) is 5.42. The van der Waals surface area contributed by atoms with Gasteiger partial charge in [-0.2, -0.15) is 0 Å². The van der Waals surface area contributed by atoms with Crippen molar-refractivity contribution in [1.29, 1.82) is 0 Å². The van der Waals surface area contributed by atoms with Gasteiger partial charge in [-0.15, -0.1) is 11.3 Å². The first kappa shape index (κ1) is 13.1. The molecule has 2 rings (SSSR count). The number of carbonyl (C=O) groups is 1. The van der Waals surface area contributed by atoms with E-state index in [0.29, 0.717) is 0 Å². The topological polar surface area (TPSA) is 39.2 Å². The van der Waals surface area contributed by atoms with E-state index in [1.165, 1.54) is 17.9 Å². The third kappa shape index (κ3) is 3.34. The Hall–Kier alpha value is -1.33. The lowest BCUT2D eigenvalue weighted by Gasteiger charge is -1.98. The quantitative estimate of drug-likeness (QED) is 0.488. The number of thioether (sulfide) groups is 1. The van der Waals surface area contributed by atoms with E-state index in [2.05, 4.69) is 15.8 Å². The van der Waals surface area contributed by atoms with Crippen molar-refractivity contribution in [1.82, 2.24) is 4.98 Å². The van der Waals surface area contributed by atoms with Gasteiger partial charge in [0.25, 0.3) is 0 Å². The first-order chi connectivity index (χ1) is 8.69. The minimum atomic E-state index is -0.308. The first-order valence-corrected chi connectivity index (χ1v) is 7.23. The fraction of sp³-hybridized carbons (Fsp3) is 0.231. The van der Waals surface area contributed by atoms with Gasteiger partial charge in [0.1, 0.15) is 0 Å². The molecule has 0 aliphatic carbocycles. The zero-order valence-electron chi connectivity index (χ0n) is 10.2. The molecule has 0 saturated heterocycles. The summed E-state index contributed by atoms with van der Waals surface area (Å²) >= 11 is 3.31. The average molecular weight is 279 g/mol. The van der Waals surface area contributed by atoms with Crippen LogP contribution in [0.3, 0.4) is 0 Å². The summed E-state index contributed by atoms with van der Waals surface area (Å²) in [4.78, 5) is 15.6. The monoisotopic (exact) mass is 279 g/mol. The predicted octanol–water partition coefficient (Wildman–Crippen LogP) is 3.51. The number of rotatable bonds is 4. The molecule has 0 N–H and O–H groups in total. The van der Waals surface area contributed by atoms with Crippen LogP contribution < -0.4 is 0 Å². The molecule has 0 spiro atoms. The van der Waals surface area contributed by atoms with Crippen LogP contribution in [0, 0.1) is 0 Å². The molecule has 0 saturated carbocycles. The van der Waals surface area contributed by atoms with Gasteiger partial charge in [-0.25, -0.2) is 9.78 Å². The third-order valence-corrected chi connectivity index (χ3v) is 4.64. The van der Waals surface area contributed by atoms with Crippen molar-refractivity contribution in [2.24, 2.45) is 0 Å². The molecule has 0 bridgehead atoms. The Balaban J connectivity index is 2.02. The maximum absolute atomic E-state index is 11.1. The molecule has 2 aromatic rings. The van der Waals surface area contributed by atoms with Gasteiger partial charge in [0.2, 0.25) is 0 Å². The molecule has 0 fully saturated rings. The van der Waals surface area contributed by atoms with E-state index in [9.17, 15) is 4.79 Å². The number of aromatic nitrogens is 1.